The number of aliphatic hydroxyl groups is 2. The van der Waals surface area contributed by atoms with Crippen LogP contribution in [-0.2, 0) is 0 Å². The summed E-state index contributed by atoms with van der Waals surface area (Å²) < 4.78 is 0.934. The minimum Gasteiger partial charge on any atom is -1.00 e. The highest BCUT2D eigenvalue weighted by atomic mass is 79.9. The summed E-state index contributed by atoms with van der Waals surface area (Å²) in [5, 5.41) is 19.5. The van der Waals surface area contributed by atoms with Gasteiger partial charge >= 0.3 is 0 Å². The van der Waals surface area contributed by atoms with Gasteiger partial charge in [-0.05, 0) is 25.7 Å². The average molecular weight is 607 g/mol. The van der Waals surface area contributed by atoms with E-state index in [-0.39, 0.29) is 30.2 Å². The van der Waals surface area contributed by atoms with Crippen LogP contribution in [0.2, 0.25) is 0 Å². The van der Waals surface area contributed by atoms with E-state index in [4.69, 9.17) is 0 Å². The second-order valence-corrected chi connectivity index (χ2v) is 12.2. The molecule has 0 amide bonds. The Hall–Kier alpha value is 0.360. The molecule has 2 N–H and O–H groups in total. The van der Waals surface area contributed by atoms with E-state index in [0.717, 1.165) is 30.7 Å². The quantitative estimate of drug-likeness (QED) is 0.0641. The Morgan fingerprint density at radius 3 is 0.737 bits per heavy atom. The molecule has 0 radical (unpaired) electrons. The van der Waals surface area contributed by atoms with Gasteiger partial charge in [0.15, 0.2) is 0 Å². The Labute approximate surface area is 251 Å². The fourth-order valence-corrected chi connectivity index (χ4v) is 6.03. The first-order chi connectivity index (χ1) is 18.2. The lowest BCUT2D eigenvalue weighted by molar-refractivity contribution is -0.929. The minimum atomic E-state index is 0. The zero-order valence-corrected chi connectivity index (χ0v) is 27.9. The molecule has 0 heterocycles. The Kier molecular flexibility index (Phi) is 35.8. The first-order valence-corrected chi connectivity index (χ1v) is 17.3. The van der Waals surface area contributed by atoms with Gasteiger partial charge in [0.25, 0.3) is 0 Å². The molecule has 0 fully saturated rings. The van der Waals surface area contributed by atoms with E-state index in [0.29, 0.717) is 0 Å². The molecule has 0 saturated carbocycles. The number of hydrogen-bond acceptors (Lipinski definition) is 2. The predicted molar refractivity (Wildman–Crippen MR) is 165 cm³/mol. The highest BCUT2D eigenvalue weighted by Gasteiger charge is 2.25. The van der Waals surface area contributed by atoms with Gasteiger partial charge in [-0.3, -0.25) is 0 Å². The molecule has 3 nitrogen and oxygen atoms in total. The molecule has 232 valence electrons. The van der Waals surface area contributed by atoms with Gasteiger partial charge in [-0.15, -0.1) is 0 Å². The van der Waals surface area contributed by atoms with Gasteiger partial charge in [0.2, 0.25) is 0 Å². The van der Waals surface area contributed by atoms with E-state index in [9.17, 15) is 10.2 Å². The molecular formula is C34H72BrNO2. The SMILES string of the molecule is CCCCCCCCCCCCCCCC[N+](CCO)(CCO)CCCCCCCCCCCCCC.[Br-]. The van der Waals surface area contributed by atoms with Crippen LogP contribution in [0, 0.1) is 0 Å². The van der Waals surface area contributed by atoms with Crippen LogP contribution < -0.4 is 17.0 Å². The van der Waals surface area contributed by atoms with Crippen molar-refractivity contribution in [3.05, 3.63) is 0 Å². The van der Waals surface area contributed by atoms with Crippen LogP contribution in [0.3, 0.4) is 0 Å². The van der Waals surface area contributed by atoms with Crippen LogP contribution in [0.5, 0.6) is 0 Å². The van der Waals surface area contributed by atoms with E-state index >= 15 is 0 Å². The van der Waals surface area contributed by atoms with Crippen molar-refractivity contribution in [2.24, 2.45) is 0 Å². The summed E-state index contributed by atoms with van der Waals surface area (Å²) >= 11 is 0. The van der Waals surface area contributed by atoms with Gasteiger partial charge in [-0.2, -0.15) is 0 Å². The minimum absolute atomic E-state index is 0. The fraction of sp³-hybridized carbons (Fsp3) is 1.00. The van der Waals surface area contributed by atoms with Crippen LogP contribution in [0.4, 0.5) is 0 Å². The first kappa shape index (κ1) is 40.5. The molecule has 0 aliphatic rings. The van der Waals surface area contributed by atoms with Gasteiger partial charge in [-0.1, -0.05) is 155 Å². The first-order valence-electron chi connectivity index (χ1n) is 17.3. The van der Waals surface area contributed by atoms with Crippen molar-refractivity contribution in [1.29, 1.82) is 0 Å². The van der Waals surface area contributed by atoms with E-state index < -0.39 is 0 Å². The smallest absolute Gasteiger partial charge is 0.102 e. The van der Waals surface area contributed by atoms with Crippen molar-refractivity contribution in [2.45, 2.75) is 181 Å². The molecule has 0 spiro atoms. The lowest BCUT2D eigenvalue weighted by Gasteiger charge is -2.38. The van der Waals surface area contributed by atoms with Gasteiger partial charge < -0.3 is 31.7 Å². The second kappa shape index (κ2) is 33.6. The van der Waals surface area contributed by atoms with Gasteiger partial charge in [0.1, 0.15) is 13.1 Å². The molecule has 0 aromatic rings. The van der Waals surface area contributed by atoms with Gasteiger partial charge in [-0.25, -0.2) is 0 Å². The molecule has 0 aliphatic heterocycles. The van der Waals surface area contributed by atoms with E-state index in [1.165, 1.54) is 167 Å². The number of quaternary nitrogens is 1. The Morgan fingerprint density at radius 2 is 0.526 bits per heavy atom. The van der Waals surface area contributed by atoms with E-state index in [1.807, 2.05) is 0 Å². The molecule has 0 saturated heterocycles. The third-order valence-corrected chi connectivity index (χ3v) is 8.62. The number of nitrogens with zero attached hydrogens (tertiary/aromatic N) is 1. The third kappa shape index (κ3) is 27.9. The van der Waals surface area contributed by atoms with Crippen molar-refractivity contribution < 1.29 is 31.7 Å². The number of hydrogen-bond donors (Lipinski definition) is 2. The molecule has 0 aromatic heterocycles. The maximum atomic E-state index is 9.74. The number of aliphatic hydroxyl groups excluding tert-OH is 2. The number of halogens is 1. The summed E-state index contributed by atoms with van der Waals surface area (Å²) in [6.07, 6.45) is 36.1. The third-order valence-electron chi connectivity index (χ3n) is 8.62. The van der Waals surface area contributed by atoms with Crippen molar-refractivity contribution in [3.63, 3.8) is 0 Å². The predicted octanol–water partition coefficient (Wildman–Crippen LogP) is 6.97. The van der Waals surface area contributed by atoms with Crippen molar-refractivity contribution in [1.82, 2.24) is 0 Å². The fourth-order valence-electron chi connectivity index (χ4n) is 6.03. The van der Waals surface area contributed by atoms with Crippen molar-refractivity contribution >= 4 is 0 Å². The monoisotopic (exact) mass is 605 g/mol. The molecule has 0 bridgehead atoms. The van der Waals surface area contributed by atoms with Crippen molar-refractivity contribution in [2.75, 3.05) is 39.4 Å². The van der Waals surface area contributed by atoms with E-state index in [2.05, 4.69) is 13.8 Å². The number of rotatable bonds is 32. The average Bonchev–Trinajstić information content (AvgIpc) is 2.90. The molecule has 0 aromatic carbocycles. The maximum absolute atomic E-state index is 9.74. The summed E-state index contributed by atoms with van der Waals surface area (Å²) in [6, 6.07) is 0. The lowest BCUT2D eigenvalue weighted by atomic mass is 10.0. The second-order valence-electron chi connectivity index (χ2n) is 12.2. The van der Waals surface area contributed by atoms with Gasteiger partial charge in [0.05, 0.1) is 26.3 Å². The largest absolute Gasteiger partial charge is 1.00 e. The summed E-state index contributed by atoms with van der Waals surface area (Å²) in [7, 11) is 0. The van der Waals surface area contributed by atoms with Crippen LogP contribution in [0.15, 0.2) is 0 Å². The highest BCUT2D eigenvalue weighted by molar-refractivity contribution is 4.53. The molecule has 0 rings (SSSR count). The molecule has 38 heavy (non-hydrogen) atoms. The molecule has 0 atom stereocenters. The lowest BCUT2D eigenvalue weighted by Crippen LogP contribution is -3.00. The summed E-state index contributed by atoms with van der Waals surface area (Å²) in [5.74, 6) is 0. The van der Waals surface area contributed by atoms with E-state index in [1.54, 1.807) is 0 Å². The van der Waals surface area contributed by atoms with Crippen LogP contribution in [-0.4, -0.2) is 54.1 Å². The summed E-state index contributed by atoms with van der Waals surface area (Å²) in [4.78, 5) is 0. The zero-order chi connectivity index (χ0) is 27.1. The Balaban J connectivity index is 0. The topological polar surface area (TPSA) is 40.5 Å². The zero-order valence-electron chi connectivity index (χ0n) is 26.3. The van der Waals surface area contributed by atoms with Crippen molar-refractivity contribution in [3.8, 4) is 0 Å². The highest BCUT2D eigenvalue weighted by Crippen LogP contribution is 2.17. The normalized spacial score (nSPS) is 11.7. The summed E-state index contributed by atoms with van der Waals surface area (Å²) in [6.45, 7) is 8.98. The Bertz CT molecular complexity index is 415. The standard InChI is InChI=1S/C34H72NO2.BrH/c1-3-5-7-9-11-13-15-17-18-20-22-24-26-28-30-35(31-33-36,32-34-37)29-27-25-23-21-19-16-14-12-10-8-6-4-2;/h36-37H,3-34H2,1-2H3;1H/q+1;/p-1. The molecular weight excluding hydrogens is 534 g/mol. The van der Waals surface area contributed by atoms with Crippen LogP contribution in [0.25, 0.3) is 0 Å². The molecule has 4 heteroatoms. The van der Waals surface area contributed by atoms with Gasteiger partial charge in [0, 0.05) is 0 Å². The Morgan fingerprint density at radius 1 is 0.316 bits per heavy atom. The molecule has 0 unspecified atom stereocenters. The molecule has 0 aliphatic carbocycles. The number of unbranched alkanes of at least 4 members (excludes halogenated alkanes) is 24. The summed E-state index contributed by atoms with van der Waals surface area (Å²) in [5.41, 5.74) is 0. The van der Waals surface area contributed by atoms with Crippen LogP contribution >= 0.6 is 0 Å². The maximum Gasteiger partial charge on any atom is 0.102 e. The van der Waals surface area contributed by atoms with Crippen LogP contribution in [0.1, 0.15) is 181 Å².